The van der Waals surface area contributed by atoms with E-state index in [4.69, 9.17) is 4.74 Å². The highest BCUT2D eigenvalue weighted by atomic mass is 19.4. The third kappa shape index (κ3) is 5.34. The second kappa shape index (κ2) is 11.0. The number of benzene rings is 2. The first-order valence-corrected chi connectivity index (χ1v) is 12.8. The van der Waals surface area contributed by atoms with Crippen LogP contribution in [0, 0.1) is 5.82 Å². The number of nitrogens with one attached hydrogen (secondary N) is 1. The van der Waals surface area contributed by atoms with Crippen molar-refractivity contribution >= 4 is 29.2 Å². The number of alkyl halides is 3. The van der Waals surface area contributed by atoms with E-state index in [1.54, 1.807) is 12.1 Å². The van der Waals surface area contributed by atoms with Crippen LogP contribution in [-0.4, -0.2) is 63.8 Å². The predicted octanol–water partition coefficient (Wildman–Crippen LogP) is 3.59. The standard InChI is InChI=1S/C29H24F4N4O5/c1-17(29(31,32)33)37(14-18-5-7-20(30)8-6-18)25(39)15-36-16-42-28(27(36)41)22-10-9-21(12-19(22)13-24(28)38)35-26(40)23-4-2-3-11-34-23/h2-12,17H,13-16H2,1H3,(H,35,40)/t17?,28-/m1/s1. The smallest absolute Gasteiger partial charge is 0.332 e. The van der Waals surface area contributed by atoms with Gasteiger partial charge in [0.05, 0.1) is 0 Å². The van der Waals surface area contributed by atoms with Crippen LogP contribution in [-0.2, 0) is 37.7 Å². The van der Waals surface area contributed by atoms with Crippen molar-refractivity contribution in [2.75, 3.05) is 18.6 Å². The highest BCUT2D eigenvalue weighted by Gasteiger charge is 2.59. The van der Waals surface area contributed by atoms with Crippen LogP contribution in [0.5, 0.6) is 0 Å². The maximum absolute atomic E-state index is 13.6. The van der Waals surface area contributed by atoms with Gasteiger partial charge < -0.3 is 19.9 Å². The van der Waals surface area contributed by atoms with Gasteiger partial charge in [-0.05, 0) is 54.4 Å². The molecule has 1 fully saturated rings. The number of aromatic nitrogens is 1. The Morgan fingerprint density at radius 2 is 1.86 bits per heavy atom. The summed E-state index contributed by atoms with van der Waals surface area (Å²) in [7, 11) is 0. The fourth-order valence-electron chi connectivity index (χ4n) is 4.99. The van der Waals surface area contributed by atoms with Gasteiger partial charge in [0.2, 0.25) is 11.5 Å². The molecule has 2 heterocycles. The number of hydrogen-bond acceptors (Lipinski definition) is 6. The molecule has 42 heavy (non-hydrogen) atoms. The summed E-state index contributed by atoms with van der Waals surface area (Å²) in [6.45, 7) is -0.948. The van der Waals surface area contributed by atoms with Crippen molar-refractivity contribution in [3.63, 3.8) is 0 Å². The first kappa shape index (κ1) is 28.9. The fourth-order valence-corrected chi connectivity index (χ4v) is 4.99. The molecule has 218 valence electrons. The molecule has 1 N–H and O–H groups in total. The van der Waals surface area contributed by atoms with Crippen molar-refractivity contribution in [3.8, 4) is 0 Å². The lowest BCUT2D eigenvalue weighted by molar-refractivity contribution is -0.187. The lowest BCUT2D eigenvalue weighted by Crippen LogP contribution is -2.51. The van der Waals surface area contributed by atoms with Crippen LogP contribution in [0.4, 0.5) is 23.2 Å². The number of fused-ring (bicyclic) bond motifs is 2. The SMILES string of the molecule is CC(N(Cc1ccc(F)cc1)C(=O)CN1CO[C@]2(C(=O)Cc3cc(NC(=O)c4ccccn4)ccc32)C1=O)C(F)(F)F. The van der Waals surface area contributed by atoms with Gasteiger partial charge in [-0.1, -0.05) is 24.3 Å². The highest BCUT2D eigenvalue weighted by molar-refractivity contribution is 6.15. The van der Waals surface area contributed by atoms with E-state index in [0.717, 1.165) is 24.0 Å². The Hall–Kier alpha value is -4.65. The molecule has 9 nitrogen and oxygen atoms in total. The molecule has 1 aromatic heterocycles. The molecule has 5 rings (SSSR count). The van der Waals surface area contributed by atoms with Gasteiger partial charge in [0.25, 0.3) is 11.8 Å². The summed E-state index contributed by atoms with van der Waals surface area (Å²) in [6, 6.07) is 11.8. The highest BCUT2D eigenvalue weighted by Crippen LogP contribution is 2.43. The van der Waals surface area contributed by atoms with E-state index >= 15 is 0 Å². The normalized spacial score (nSPS) is 18.7. The number of ether oxygens (including phenoxy) is 1. The molecule has 1 spiro atoms. The van der Waals surface area contributed by atoms with Crippen LogP contribution >= 0.6 is 0 Å². The zero-order valence-electron chi connectivity index (χ0n) is 22.2. The van der Waals surface area contributed by atoms with Gasteiger partial charge in [0.1, 0.15) is 30.8 Å². The van der Waals surface area contributed by atoms with E-state index in [0.29, 0.717) is 16.2 Å². The minimum atomic E-state index is -4.77. The Balaban J connectivity index is 1.34. The van der Waals surface area contributed by atoms with E-state index < -0.39 is 67.0 Å². The van der Waals surface area contributed by atoms with Gasteiger partial charge >= 0.3 is 6.18 Å². The lowest BCUT2D eigenvalue weighted by Gasteiger charge is -2.32. The third-order valence-electron chi connectivity index (χ3n) is 7.26. The number of amides is 3. The topological polar surface area (TPSA) is 109 Å². The Morgan fingerprint density at radius 3 is 2.52 bits per heavy atom. The first-order valence-electron chi connectivity index (χ1n) is 12.8. The summed E-state index contributed by atoms with van der Waals surface area (Å²) in [6.07, 6.45) is -3.50. The molecular formula is C29H24F4N4O5. The van der Waals surface area contributed by atoms with Gasteiger partial charge in [-0.15, -0.1) is 0 Å². The van der Waals surface area contributed by atoms with Crippen molar-refractivity contribution < 1.29 is 41.5 Å². The van der Waals surface area contributed by atoms with Crippen molar-refractivity contribution in [2.45, 2.75) is 37.7 Å². The number of rotatable bonds is 7. The number of carbonyl (C=O) groups excluding carboxylic acids is 4. The maximum atomic E-state index is 13.6. The molecular weight excluding hydrogens is 560 g/mol. The number of Topliss-reactive ketones (excluding diaryl/α,β-unsaturated/α-hetero) is 1. The number of halogens is 4. The Morgan fingerprint density at radius 1 is 1.12 bits per heavy atom. The van der Waals surface area contributed by atoms with E-state index in [9.17, 15) is 36.7 Å². The summed E-state index contributed by atoms with van der Waals surface area (Å²) in [5, 5.41) is 2.67. The lowest BCUT2D eigenvalue weighted by atomic mass is 9.94. The summed E-state index contributed by atoms with van der Waals surface area (Å²) in [4.78, 5) is 57.8. The van der Waals surface area contributed by atoms with Crippen molar-refractivity contribution in [3.05, 3.63) is 95.1 Å². The van der Waals surface area contributed by atoms with Crippen molar-refractivity contribution in [1.82, 2.24) is 14.8 Å². The summed E-state index contributed by atoms with van der Waals surface area (Å²) < 4.78 is 59.9. The molecule has 1 saturated heterocycles. The second-order valence-corrected chi connectivity index (χ2v) is 9.96. The summed E-state index contributed by atoms with van der Waals surface area (Å²) >= 11 is 0. The fraction of sp³-hybridized carbons (Fsp3) is 0.276. The monoisotopic (exact) mass is 584 g/mol. The zero-order valence-corrected chi connectivity index (χ0v) is 22.2. The Bertz CT molecular complexity index is 1550. The molecule has 3 amide bonds. The van der Waals surface area contributed by atoms with Crippen LogP contribution in [0.2, 0.25) is 0 Å². The van der Waals surface area contributed by atoms with Crippen molar-refractivity contribution in [2.24, 2.45) is 0 Å². The molecule has 1 unspecified atom stereocenters. The number of ketones is 1. The van der Waals surface area contributed by atoms with Gasteiger partial charge in [-0.25, -0.2) is 4.39 Å². The van der Waals surface area contributed by atoms with Gasteiger partial charge in [0.15, 0.2) is 5.78 Å². The molecule has 1 aliphatic heterocycles. The van der Waals surface area contributed by atoms with Gasteiger partial charge in [-0.3, -0.25) is 24.2 Å². The number of pyridine rings is 1. The van der Waals surface area contributed by atoms with E-state index in [1.807, 2.05) is 0 Å². The molecule has 2 aliphatic rings. The quantitative estimate of drug-likeness (QED) is 0.336. The molecule has 3 aromatic rings. The molecule has 13 heteroatoms. The molecule has 2 aromatic carbocycles. The zero-order chi connectivity index (χ0) is 30.2. The Kier molecular flexibility index (Phi) is 7.54. The van der Waals surface area contributed by atoms with E-state index in [-0.39, 0.29) is 23.2 Å². The van der Waals surface area contributed by atoms with E-state index in [1.165, 1.54) is 42.6 Å². The number of nitrogens with zero attached hydrogens (tertiary/aromatic N) is 3. The summed E-state index contributed by atoms with van der Waals surface area (Å²) in [5.74, 6) is -3.57. The van der Waals surface area contributed by atoms with Crippen LogP contribution in [0.1, 0.15) is 34.1 Å². The van der Waals surface area contributed by atoms with Gasteiger partial charge in [-0.2, -0.15) is 13.2 Å². The van der Waals surface area contributed by atoms with Gasteiger partial charge in [0, 0.05) is 30.4 Å². The van der Waals surface area contributed by atoms with Crippen LogP contribution < -0.4 is 5.32 Å². The van der Waals surface area contributed by atoms with Crippen LogP contribution in [0.15, 0.2) is 66.9 Å². The molecule has 0 saturated carbocycles. The number of carbonyl (C=O) groups is 4. The minimum absolute atomic E-state index is 0.175. The largest absolute Gasteiger partial charge is 0.408 e. The molecule has 0 radical (unpaired) electrons. The number of anilines is 1. The van der Waals surface area contributed by atoms with Crippen molar-refractivity contribution in [1.29, 1.82) is 0 Å². The maximum Gasteiger partial charge on any atom is 0.408 e. The first-order chi connectivity index (χ1) is 19.9. The van der Waals surface area contributed by atoms with E-state index in [2.05, 4.69) is 10.3 Å². The third-order valence-corrected chi connectivity index (χ3v) is 7.26. The molecule has 1 aliphatic carbocycles. The average Bonchev–Trinajstić information content (AvgIpc) is 3.43. The Labute approximate surface area is 237 Å². The van der Waals surface area contributed by atoms with Crippen LogP contribution in [0.3, 0.4) is 0 Å². The minimum Gasteiger partial charge on any atom is -0.332 e. The second-order valence-electron chi connectivity index (χ2n) is 9.96. The summed E-state index contributed by atoms with van der Waals surface area (Å²) in [5.41, 5.74) is -0.611. The average molecular weight is 585 g/mol. The molecule has 2 atom stereocenters. The molecule has 0 bridgehead atoms. The van der Waals surface area contributed by atoms with Crippen LogP contribution in [0.25, 0.3) is 0 Å². The predicted molar refractivity (Wildman–Crippen MR) is 139 cm³/mol. The number of hydrogen-bond donors (Lipinski definition) is 1.